The number of nitriles is 1. The van der Waals surface area contributed by atoms with Crippen LogP contribution in [0.2, 0.25) is 0 Å². The zero-order valence-electron chi connectivity index (χ0n) is 19.8. The van der Waals surface area contributed by atoms with Crippen molar-refractivity contribution in [1.82, 2.24) is 10.4 Å². The molecule has 0 aliphatic heterocycles. The molecule has 0 aliphatic carbocycles. The minimum Gasteiger partial charge on any atom is -0.488 e. The van der Waals surface area contributed by atoms with E-state index in [1.54, 1.807) is 24.5 Å². The van der Waals surface area contributed by atoms with E-state index in [4.69, 9.17) is 9.47 Å². The molecule has 0 saturated heterocycles. The van der Waals surface area contributed by atoms with Crippen molar-refractivity contribution in [3.05, 3.63) is 114 Å². The summed E-state index contributed by atoms with van der Waals surface area (Å²) in [4.78, 5) is 16.8. The number of pyridine rings is 1. The molecule has 1 heterocycles. The van der Waals surface area contributed by atoms with E-state index < -0.39 is 5.91 Å². The summed E-state index contributed by atoms with van der Waals surface area (Å²) in [6.45, 7) is 0.0129. The number of carbonyl (C=O) groups excluding carboxylic acids is 1. The lowest BCUT2D eigenvalue weighted by molar-refractivity contribution is -0.123. The molecule has 7 nitrogen and oxygen atoms in total. The molecule has 0 unspecified atom stereocenters. The minimum absolute atomic E-state index is 0.211. The zero-order chi connectivity index (χ0) is 25.5. The maximum absolute atomic E-state index is 12.4. The van der Waals surface area contributed by atoms with Crippen LogP contribution in [-0.4, -0.2) is 23.7 Å². The molecular formula is C30H22N4O3. The van der Waals surface area contributed by atoms with Gasteiger partial charge in [0.05, 0.1) is 17.8 Å². The Kier molecular flexibility index (Phi) is 7.00. The standard InChI is InChI=1S/C30H22N4O3/c31-17-23-8-1-2-9-24(23)19-36-27-15-14-21-7-3-4-12-25(21)26(27)18-33-34-29(35)20-37-28-13-5-10-22-11-6-16-32-30(22)28/h1-16,18H,19-20H2,(H,34,35)/b33-18+. The number of hydrogen-bond donors (Lipinski definition) is 1. The van der Waals surface area contributed by atoms with Gasteiger partial charge >= 0.3 is 0 Å². The smallest absolute Gasteiger partial charge is 0.277 e. The lowest BCUT2D eigenvalue weighted by atomic mass is 10.0. The van der Waals surface area contributed by atoms with E-state index in [2.05, 4.69) is 21.6 Å². The van der Waals surface area contributed by atoms with E-state index in [0.717, 1.165) is 21.7 Å². The van der Waals surface area contributed by atoms with Crippen molar-refractivity contribution in [2.75, 3.05) is 6.61 Å². The summed E-state index contributed by atoms with van der Waals surface area (Å²) in [7, 11) is 0. The largest absolute Gasteiger partial charge is 0.488 e. The molecule has 0 aliphatic rings. The van der Waals surface area contributed by atoms with E-state index in [1.807, 2.05) is 78.9 Å². The summed E-state index contributed by atoms with van der Waals surface area (Å²) < 4.78 is 11.8. The summed E-state index contributed by atoms with van der Waals surface area (Å²) in [5.74, 6) is 0.706. The predicted octanol–water partition coefficient (Wildman–Crippen LogP) is 5.37. The Balaban J connectivity index is 1.31. The molecule has 5 rings (SSSR count). The molecule has 1 amide bonds. The fourth-order valence-corrected chi connectivity index (χ4v) is 3.98. The first-order valence-corrected chi connectivity index (χ1v) is 11.6. The van der Waals surface area contributed by atoms with Crippen molar-refractivity contribution in [2.24, 2.45) is 5.10 Å². The van der Waals surface area contributed by atoms with Crippen molar-refractivity contribution in [1.29, 1.82) is 5.26 Å². The summed E-state index contributed by atoms with van der Waals surface area (Å²) in [6, 6.07) is 30.5. The normalized spacial score (nSPS) is 10.9. The molecule has 0 spiro atoms. The van der Waals surface area contributed by atoms with Crippen molar-refractivity contribution in [2.45, 2.75) is 6.61 Å². The van der Waals surface area contributed by atoms with Crippen LogP contribution in [0.1, 0.15) is 16.7 Å². The number of nitrogens with zero attached hydrogens (tertiary/aromatic N) is 3. The molecule has 0 saturated carbocycles. The van der Waals surface area contributed by atoms with Gasteiger partial charge in [-0.15, -0.1) is 0 Å². The van der Waals surface area contributed by atoms with Gasteiger partial charge in [-0.05, 0) is 35.0 Å². The van der Waals surface area contributed by atoms with Gasteiger partial charge in [-0.25, -0.2) is 5.43 Å². The second kappa shape index (κ2) is 11.0. The monoisotopic (exact) mass is 486 g/mol. The first kappa shape index (κ1) is 23.5. The fraction of sp³-hybridized carbons (Fsp3) is 0.0667. The molecule has 180 valence electrons. The molecule has 7 heteroatoms. The Labute approximate surface area is 213 Å². The Morgan fingerprint density at radius 2 is 1.70 bits per heavy atom. The number of para-hydroxylation sites is 1. The average molecular weight is 487 g/mol. The van der Waals surface area contributed by atoms with Crippen LogP contribution < -0.4 is 14.9 Å². The number of hydrogen-bond acceptors (Lipinski definition) is 6. The van der Waals surface area contributed by atoms with Gasteiger partial charge < -0.3 is 9.47 Å². The minimum atomic E-state index is -0.408. The maximum atomic E-state index is 12.4. The van der Waals surface area contributed by atoms with E-state index in [1.165, 1.54) is 0 Å². The molecule has 37 heavy (non-hydrogen) atoms. The van der Waals surface area contributed by atoms with Crippen LogP contribution in [0, 0.1) is 11.3 Å². The number of amides is 1. The van der Waals surface area contributed by atoms with Crippen LogP contribution in [0.4, 0.5) is 0 Å². The van der Waals surface area contributed by atoms with Gasteiger partial charge in [0.1, 0.15) is 23.6 Å². The van der Waals surface area contributed by atoms with E-state index in [-0.39, 0.29) is 13.2 Å². The van der Waals surface area contributed by atoms with Crippen molar-refractivity contribution < 1.29 is 14.3 Å². The first-order valence-electron chi connectivity index (χ1n) is 11.6. The Hall–Kier alpha value is -5.22. The van der Waals surface area contributed by atoms with Gasteiger partial charge in [-0.1, -0.05) is 66.7 Å². The average Bonchev–Trinajstić information content (AvgIpc) is 2.95. The Morgan fingerprint density at radius 1 is 0.892 bits per heavy atom. The van der Waals surface area contributed by atoms with Crippen LogP contribution in [0.3, 0.4) is 0 Å². The Bertz CT molecular complexity index is 1650. The molecule has 0 radical (unpaired) electrons. The Morgan fingerprint density at radius 3 is 2.62 bits per heavy atom. The van der Waals surface area contributed by atoms with Gasteiger partial charge in [0.2, 0.25) is 0 Å². The second-order valence-electron chi connectivity index (χ2n) is 8.17. The van der Waals surface area contributed by atoms with E-state index in [0.29, 0.717) is 28.1 Å². The highest BCUT2D eigenvalue weighted by molar-refractivity contribution is 6.02. The number of aromatic nitrogens is 1. The molecule has 1 N–H and O–H groups in total. The molecule has 4 aromatic carbocycles. The van der Waals surface area contributed by atoms with Crippen molar-refractivity contribution in [3.8, 4) is 17.6 Å². The SMILES string of the molecule is N#Cc1ccccc1COc1ccc2ccccc2c1/C=N/NC(=O)COc1cccc2cccnc12. The summed E-state index contributed by atoms with van der Waals surface area (Å²) >= 11 is 0. The van der Waals surface area contributed by atoms with Gasteiger partial charge in [-0.3, -0.25) is 9.78 Å². The zero-order valence-corrected chi connectivity index (χ0v) is 19.8. The summed E-state index contributed by atoms with van der Waals surface area (Å²) in [5.41, 5.74) is 5.27. The molecule has 1 aromatic heterocycles. The number of hydrazone groups is 1. The molecular weight excluding hydrogens is 464 g/mol. The third-order valence-electron chi connectivity index (χ3n) is 5.79. The summed E-state index contributed by atoms with van der Waals surface area (Å²) in [5, 5.41) is 16.4. The first-order chi connectivity index (χ1) is 18.2. The van der Waals surface area contributed by atoms with Gasteiger partial charge in [0, 0.05) is 22.7 Å². The number of ether oxygens (including phenoxy) is 2. The molecule has 0 fully saturated rings. The number of fused-ring (bicyclic) bond motifs is 2. The lowest BCUT2D eigenvalue weighted by Crippen LogP contribution is -2.24. The van der Waals surface area contributed by atoms with Crippen LogP contribution in [-0.2, 0) is 11.4 Å². The van der Waals surface area contributed by atoms with E-state index >= 15 is 0 Å². The molecule has 0 atom stereocenters. The van der Waals surface area contributed by atoms with Crippen molar-refractivity contribution >= 4 is 33.8 Å². The van der Waals surface area contributed by atoms with E-state index in [9.17, 15) is 10.1 Å². The fourth-order valence-electron chi connectivity index (χ4n) is 3.98. The van der Waals surface area contributed by atoms with Crippen LogP contribution in [0.15, 0.2) is 102 Å². The molecule has 0 bridgehead atoms. The number of benzene rings is 4. The predicted molar refractivity (Wildman–Crippen MR) is 142 cm³/mol. The highest BCUT2D eigenvalue weighted by atomic mass is 16.5. The number of nitrogens with one attached hydrogen (secondary N) is 1. The number of rotatable bonds is 8. The number of carbonyl (C=O) groups is 1. The third-order valence-corrected chi connectivity index (χ3v) is 5.79. The van der Waals surface area contributed by atoms with Crippen LogP contribution in [0.25, 0.3) is 21.7 Å². The quantitative estimate of drug-likeness (QED) is 0.235. The van der Waals surface area contributed by atoms with Crippen LogP contribution >= 0.6 is 0 Å². The highest BCUT2D eigenvalue weighted by Crippen LogP contribution is 2.28. The summed E-state index contributed by atoms with van der Waals surface area (Å²) in [6.07, 6.45) is 3.24. The van der Waals surface area contributed by atoms with Gasteiger partial charge in [0.15, 0.2) is 6.61 Å². The topological polar surface area (TPSA) is 96.6 Å². The third kappa shape index (κ3) is 5.39. The molecule has 5 aromatic rings. The maximum Gasteiger partial charge on any atom is 0.277 e. The second-order valence-corrected chi connectivity index (χ2v) is 8.17. The van der Waals surface area contributed by atoms with Crippen molar-refractivity contribution in [3.63, 3.8) is 0 Å². The van der Waals surface area contributed by atoms with Gasteiger partial charge in [0.25, 0.3) is 5.91 Å². The van der Waals surface area contributed by atoms with Gasteiger partial charge in [-0.2, -0.15) is 10.4 Å². The lowest BCUT2D eigenvalue weighted by Gasteiger charge is -2.12. The highest BCUT2D eigenvalue weighted by Gasteiger charge is 2.10. The van der Waals surface area contributed by atoms with Crippen LogP contribution in [0.5, 0.6) is 11.5 Å².